The molecular weight excluding hydrogens is 348 g/mol. The number of carbonyl (C=O) groups is 2. The lowest BCUT2D eigenvalue weighted by atomic mass is 9.95. The molecule has 0 aliphatic carbocycles. The molecule has 8 nitrogen and oxygen atoms in total. The number of likely N-dealkylation sites (tertiary alicyclic amines) is 1. The Bertz CT molecular complexity index is 861. The monoisotopic (exact) mass is 368 g/mol. The van der Waals surface area contributed by atoms with Gasteiger partial charge in [0.25, 0.3) is 11.6 Å². The zero-order valence-electron chi connectivity index (χ0n) is 14.9. The molecule has 2 heterocycles. The zero-order valence-corrected chi connectivity index (χ0v) is 14.9. The Labute approximate surface area is 156 Å². The van der Waals surface area contributed by atoms with Crippen molar-refractivity contribution in [2.45, 2.75) is 19.8 Å². The smallest absolute Gasteiger partial charge is 0.273 e. The first-order chi connectivity index (χ1) is 13.0. The predicted molar refractivity (Wildman–Crippen MR) is 99.3 cm³/mol. The van der Waals surface area contributed by atoms with E-state index in [2.05, 4.69) is 10.3 Å². The van der Waals surface area contributed by atoms with E-state index in [9.17, 15) is 19.7 Å². The van der Waals surface area contributed by atoms with Gasteiger partial charge < -0.3 is 10.2 Å². The molecule has 0 radical (unpaired) electrons. The van der Waals surface area contributed by atoms with Crippen LogP contribution in [0.2, 0.25) is 0 Å². The van der Waals surface area contributed by atoms with Gasteiger partial charge in [-0.2, -0.15) is 0 Å². The van der Waals surface area contributed by atoms with Gasteiger partial charge in [-0.3, -0.25) is 19.7 Å². The quantitative estimate of drug-likeness (QED) is 0.660. The minimum atomic E-state index is -0.486. The molecule has 0 saturated carbocycles. The average Bonchev–Trinajstić information content (AvgIpc) is 2.68. The number of nitrogens with zero attached hydrogens (tertiary/aromatic N) is 3. The van der Waals surface area contributed by atoms with E-state index in [0.717, 1.165) is 0 Å². The van der Waals surface area contributed by atoms with Crippen molar-refractivity contribution >= 4 is 23.3 Å². The number of amides is 2. The molecule has 1 N–H and O–H groups in total. The third-order valence-corrected chi connectivity index (χ3v) is 4.72. The third kappa shape index (κ3) is 4.28. The molecule has 140 valence electrons. The molecule has 0 atom stereocenters. The summed E-state index contributed by atoms with van der Waals surface area (Å²) in [6.07, 6.45) is 2.69. The maximum Gasteiger partial charge on any atom is 0.273 e. The molecule has 8 heteroatoms. The molecule has 1 fully saturated rings. The number of anilines is 1. The van der Waals surface area contributed by atoms with Crippen molar-refractivity contribution in [3.8, 4) is 0 Å². The molecule has 1 aromatic carbocycles. The highest BCUT2D eigenvalue weighted by atomic mass is 16.6. The largest absolute Gasteiger partial charge is 0.339 e. The Balaban J connectivity index is 1.60. The highest BCUT2D eigenvalue weighted by molar-refractivity contribution is 5.95. The van der Waals surface area contributed by atoms with E-state index >= 15 is 0 Å². The second-order valence-corrected chi connectivity index (χ2v) is 6.53. The van der Waals surface area contributed by atoms with E-state index in [0.29, 0.717) is 42.9 Å². The number of hydrogen-bond acceptors (Lipinski definition) is 5. The molecule has 0 bridgehead atoms. The second-order valence-electron chi connectivity index (χ2n) is 6.53. The van der Waals surface area contributed by atoms with Gasteiger partial charge in [0.1, 0.15) is 5.82 Å². The Morgan fingerprint density at radius 3 is 2.59 bits per heavy atom. The van der Waals surface area contributed by atoms with Crippen molar-refractivity contribution in [3.63, 3.8) is 0 Å². The Morgan fingerprint density at radius 1 is 1.22 bits per heavy atom. The number of pyridine rings is 1. The number of hydrogen-bond donors (Lipinski definition) is 1. The van der Waals surface area contributed by atoms with Crippen LogP contribution in [0.3, 0.4) is 0 Å². The SMILES string of the molecule is Cc1ccc(C(=O)N2CCC(C(=O)Nc3ccccn3)CC2)cc1[N+](=O)[O-]. The molecule has 3 rings (SSSR count). The number of benzene rings is 1. The fraction of sp³-hybridized carbons (Fsp3) is 0.316. The lowest BCUT2D eigenvalue weighted by molar-refractivity contribution is -0.385. The summed E-state index contributed by atoms with van der Waals surface area (Å²) in [6.45, 7) is 2.50. The van der Waals surface area contributed by atoms with E-state index in [1.54, 1.807) is 48.4 Å². The van der Waals surface area contributed by atoms with Gasteiger partial charge in [0, 0.05) is 42.4 Å². The molecule has 0 spiro atoms. The number of piperidine rings is 1. The van der Waals surface area contributed by atoms with Gasteiger partial charge in [0.15, 0.2) is 0 Å². The van der Waals surface area contributed by atoms with Crippen LogP contribution in [0, 0.1) is 23.0 Å². The van der Waals surface area contributed by atoms with E-state index < -0.39 is 4.92 Å². The Hall–Kier alpha value is -3.29. The minimum absolute atomic E-state index is 0.0644. The van der Waals surface area contributed by atoms with Crippen molar-refractivity contribution in [3.05, 3.63) is 63.8 Å². The van der Waals surface area contributed by atoms with Crippen molar-refractivity contribution in [1.29, 1.82) is 0 Å². The standard InChI is InChI=1S/C19H20N4O4/c1-13-5-6-15(12-16(13)23(26)27)19(25)22-10-7-14(8-11-22)18(24)21-17-4-2-3-9-20-17/h2-6,9,12,14H,7-8,10-11H2,1H3,(H,20,21,24). The summed E-state index contributed by atoms with van der Waals surface area (Å²) < 4.78 is 0. The van der Waals surface area contributed by atoms with Gasteiger partial charge in [0.2, 0.25) is 5.91 Å². The van der Waals surface area contributed by atoms with Crippen molar-refractivity contribution in [2.24, 2.45) is 5.92 Å². The number of carbonyl (C=O) groups excluding carboxylic acids is 2. The summed E-state index contributed by atoms with van der Waals surface area (Å²) in [7, 11) is 0. The normalized spacial score (nSPS) is 14.6. The van der Waals surface area contributed by atoms with Crippen LogP contribution in [0.1, 0.15) is 28.8 Å². The molecule has 1 aromatic heterocycles. The molecule has 2 amide bonds. The topological polar surface area (TPSA) is 105 Å². The summed E-state index contributed by atoms with van der Waals surface area (Å²) in [5.74, 6) is -0.0372. The van der Waals surface area contributed by atoms with Crippen LogP contribution in [0.25, 0.3) is 0 Å². The summed E-state index contributed by atoms with van der Waals surface area (Å²) in [4.78, 5) is 41.3. The van der Waals surface area contributed by atoms with Crippen LogP contribution in [0.4, 0.5) is 11.5 Å². The summed E-state index contributed by atoms with van der Waals surface area (Å²) in [6, 6.07) is 9.79. The van der Waals surface area contributed by atoms with E-state index in [4.69, 9.17) is 0 Å². The van der Waals surface area contributed by atoms with E-state index in [1.807, 2.05) is 0 Å². The number of nitro benzene ring substituents is 1. The average molecular weight is 368 g/mol. The molecule has 1 aliphatic rings. The van der Waals surface area contributed by atoms with Gasteiger partial charge >= 0.3 is 0 Å². The molecular formula is C19H20N4O4. The number of aromatic nitrogens is 1. The maximum absolute atomic E-state index is 12.6. The Morgan fingerprint density at radius 2 is 1.96 bits per heavy atom. The van der Waals surface area contributed by atoms with Crippen LogP contribution < -0.4 is 5.32 Å². The van der Waals surface area contributed by atoms with Gasteiger partial charge in [-0.1, -0.05) is 12.1 Å². The fourth-order valence-corrected chi connectivity index (χ4v) is 3.13. The van der Waals surface area contributed by atoms with Gasteiger partial charge in [0.05, 0.1) is 4.92 Å². The van der Waals surface area contributed by atoms with Crippen molar-refractivity contribution in [2.75, 3.05) is 18.4 Å². The van der Waals surface area contributed by atoms with Crippen LogP contribution in [-0.2, 0) is 4.79 Å². The Kier molecular flexibility index (Phi) is 5.44. The summed E-state index contributed by atoms with van der Waals surface area (Å²) >= 11 is 0. The van der Waals surface area contributed by atoms with Gasteiger partial charge in [-0.05, 0) is 38.0 Å². The van der Waals surface area contributed by atoms with Crippen molar-refractivity contribution in [1.82, 2.24) is 9.88 Å². The summed E-state index contributed by atoms with van der Waals surface area (Å²) in [5.41, 5.74) is 0.746. The highest BCUT2D eigenvalue weighted by Crippen LogP contribution is 2.23. The predicted octanol–water partition coefficient (Wildman–Crippen LogP) is 2.79. The first kappa shape index (κ1) is 18.5. The molecule has 27 heavy (non-hydrogen) atoms. The second kappa shape index (κ2) is 7.94. The number of nitro groups is 1. The van der Waals surface area contributed by atoms with Gasteiger partial charge in [-0.25, -0.2) is 4.98 Å². The van der Waals surface area contributed by atoms with Gasteiger partial charge in [-0.15, -0.1) is 0 Å². The molecule has 1 aliphatic heterocycles. The number of aryl methyl sites for hydroxylation is 1. The number of nitrogens with one attached hydrogen (secondary N) is 1. The molecule has 0 unspecified atom stereocenters. The first-order valence-electron chi connectivity index (χ1n) is 8.72. The third-order valence-electron chi connectivity index (χ3n) is 4.72. The van der Waals surface area contributed by atoms with Crippen LogP contribution in [0.15, 0.2) is 42.6 Å². The number of rotatable bonds is 4. The molecule has 2 aromatic rings. The fourth-order valence-electron chi connectivity index (χ4n) is 3.13. The maximum atomic E-state index is 12.6. The van der Waals surface area contributed by atoms with E-state index in [1.165, 1.54) is 6.07 Å². The first-order valence-corrected chi connectivity index (χ1v) is 8.72. The van der Waals surface area contributed by atoms with Crippen molar-refractivity contribution < 1.29 is 14.5 Å². The molecule has 1 saturated heterocycles. The summed E-state index contributed by atoms with van der Waals surface area (Å²) in [5, 5.41) is 13.9. The van der Waals surface area contributed by atoms with Crippen LogP contribution >= 0.6 is 0 Å². The lowest BCUT2D eigenvalue weighted by Crippen LogP contribution is -2.41. The minimum Gasteiger partial charge on any atom is -0.339 e. The van der Waals surface area contributed by atoms with Crippen LogP contribution in [0.5, 0.6) is 0 Å². The van der Waals surface area contributed by atoms with E-state index in [-0.39, 0.29) is 23.4 Å². The van der Waals surface area contributed by atoms with Crippen LogP contribution in [-0.4, -0.2) is 39.7 Å². The lowest BCUT2D eigenvalue weighted by Gasteiger charge is -2.31. The highest BCUT2D eigenvalue weighted by Gasteiger charge is 2.28. The zero-order chi connectivity index (χ0) is 19.4.